The summed E-state index contributed by atoms with van der Waals surface area (Å²) in [6.45, 7) is 2.89. The molecule has 2 aliphatic rings. The van der Waals surface area contributed by atoms with Crippen LogP contribution in [0.3, 0.4) is 0 Å². The van der Waals surface area contributed by atoms with E-state index in [4.69, 9.17) is 10.1 Å². The summed E-state index contributed by atoms with van der Waals surface area (Å²) >= 11 is 0. The van der Waals surface area contributed by atoms with Crippen molar-refractivity contribution < 1.29 is 9.90 Å². The van der Waals surface area contributed by atoms with Crippen molar-refractivity contribution in [3.63, 3.8) is 0 Å². The summed E-state index contributed by atoms with van der Waals surface area (Å²) in [7, 11) is 0. The Bertz CT molecular complexity index is 827. The zero-order valence-corrected chi connectivity index (χ0v) is 14.7. The molecule has 0 atom stereocenters. The Labute approximate surface area is 147 Å². The molecule has 1 N–H and O–H groups in total. The van der Waals surface area contributed by atoms with Gasteiger partial charge in [0.15, 0.2) is 5.65 Å². The van der Waals surface area contributed by atoms with E-state index >= 15 is 0 Å². The van der Waals surface area contributed by atoms with E-state index < -0.39 is 5.97 Å². The Morgan fingerprint density at radius 3 is 2.64 bits per heavy atom. The highest BCUT2D eigenvalue weighted by molar-refractivity contribution is 5.90. The van der Waals surface area contributed by atoms with Gasteiger partial charge in [-0.1, -0.05) is 19.3 Å². The molecule has 2 heterocycles. The molecule has 0 aromatic carbocycles. The van der Waals surface area contributed by atoms with Crippen molar-refractivity contribution in [2.45, 2.75) is 70.3 Å². The van der Waals surface area contributed by atoms with Gasteiger partial charge in [-0.2, -0.15) is 5.10 Å². The topological polar surface area (TPSA) is 68.0 Å². The minimum atomic E-state index is -0.902. The Morgan fingerprint density at radius 1 is 1.24 bits per heavy atom. The number of pyridine rings is 1. The van der Waals surface area contributed by atoms with E-state index in [0.717, 1.165) is 41.7 Å². The average Bonchev–Trinajstić information content (AvgIpc) is 3.39. The molecule has 0 unspecified atom stereocenters. The lowest BCUT2D eigenvalue weighted by Crippen LogP contribution is -2.10. The van der Waals surface area contributed by atoms with Crippen molar-refractivity contribution in [1.82, 2.24) is 14.8 Å². The van der Waals surface area contributed by atoms with Gasteiger partial charge in [-0.05, 0) is 50.2 Å². The third-order valence-electron chi connectivity index (χ3n) is 5.56. The second-order valence-electron chi connectivity index (χ2n) is 7.30. The molecule has 0 spiro atoms. The molecule has 2 aromatic rings. The van der Waals surface area contributed by atoms with Gasteiger partial charge in [0.05, 0.1) is 11.9 Å². The van der Waals surface area contributed by atoms with Gasteiger partial charge in [-0.25, -0.2) is 14.5 Å². The molecule has 4 rings (SSSR count). The van der Waals surface area contributed by atoms with Crippen LogP contribution in [0.1, 0.15) is 80.5 Å². The molecular formula is C20H25N3O2. The van der Waals surface area contributed by atoms with Crippen LogP contribution in [0, 0.1) is 0 Å². The summed E-state index contributed by atoms with van der Waals surface area (Å²) in [5, 5.41) is 14.8. The molecule has 2 saturated carbocycles. The van der Waals surface area contributed by atoms with Crippen molar-refractivity contribution in [3.8, 4) is 0 Å². The van der Waals surface area contributed by atoms with Gasteiger partial charge in [0.25, 0.3) is 0 Å². The van der Waals surface area contributed by atoms with Gasteiger partial charge >= 0.3 is 5.97 Å². The van der Waals surface area contributed by atoms with E-state index in [1.165, 1.54) is 43.7 Å². The van der Waals surface area contributed by atoms with Crippen molar-refractivity contribution in [1.29, 1.82) is 0 Å². The summed E-state index contributed by atoms with van der Waals surface area (Å²) < 4.78 is 1.97. The molecule has 25 heavy (non-hydrogen) atoms. The lowest BCUT2D eigenvalue weighted by atomic mass is 9.80. The lowest BCUT2D eigenvalue weighted by molar-refractivity contribution is -0.131. The predicted octanol–water partition coefficient (Wildman–Crippen LogP) is 4.47. The number of aromatic nitrogens is 3. The normalized spacial score (nSPS) is 19.1. The molecule has 2 aromatic heterocycles. The first-order valence-corrected chi connectivity index (χ1v) is 9.49. The maximum atomic E-state index is 11.1. The number of nitrogens with zero attached hydrogens (tertiary/aromatic N) is 3. The maximum Gasteiger partial charge on any atom is 0.328 e. The molecule has 2 fully saturated rings. The smallest absolute Gasteiger partial charge is 0.328 e. The highest BCUT2D eigenvalue weighted by atomic mass is 16.4. The Morgan fingerprint density at radius 2 is 2.00 bits per heavy atom. The highest BCUT2D eigenvalue weighted by Gasteiger charge is 2.32. The van der Waals surface area contributed by atoms with Crippen molar-refractivity contribution in [2.24, 2.45) is 0 Å². The number of aryl methyl sites for hydroxylation is 1. The minimum absolute atomic E-state index is 0.473. The molecule has 0 saturated heterocycles. The number of carboxylic acids is 1. The number of carbonyl (C=O) groups is 1. The second kappa shape index (κ2) is 6.62. The average molecular weight is 339 g/mol. The van der Waals surface area contributed by atoms with Crippen molar-refractivity contribution >= 4 is 23.1 Å². The van der Waals surface area contributed by atoms with Crippen LogP contribution in [0.4, 0.5) is 0 Å². The van der Waals surface area contributed by atoms with E-state index in [0.29, 0.717) is 11.8 Å². The van der Waals surface area contributed by atoms with E-state index in [9.17, 15) is 4.79 Å². The van der Waals surface area contributed by atoms with E-state index in [-0.39, 0.29) is 0 Å². The Balaban J connectivity index is 1.96. The largest absolute Gasteiger partial charge is 0.478 e. The summed E-state index contributed by atoms with van der Waals surface area (Å²) in [6, 6.07) is 0. The first kappa shape index (κ1) is 16.3. The number of fused-ring (bicyclic) bond motifs is 1. The van der Waals surface area contributed by atoms with E-state index in [1.54, 1.807) is 6.08 Å². The van der Waals surface area contributed by atoms with Gasteiger partial charge in [-0.15, -0.1) is 0 Å². The first-order chi connectivity index (χ1) is 12.2. The summed E-state index contributed by atoms with van der Waals surface area (Å²) in [4.78, 5) is 16.1. The summed E-state index contributed by atoms with van der Waals surface area (Å²) in [5.41, 5.74) is 4.40. The van der Waals surface area contributed by atoms with Crippen LogP contribution in [-0.2, 0) is 11.3 Å². The number of rotatable bonds is 5. The van der Waals surface area contributed by atoms with Gasteiger partial charge < -0.3 is 5.11 Å². The van der Waals surface area contributed by atoms with Crippen LogP contribution >= 0.6 is 0 Å². The van der Waals surface area contributed by atoms with Gasteiger partial charge in [-0.3, -0.25) is 0 Å². The van der Waals surface area contributed by atoms with Crippen LogP contribution < -0.4 is 0 Å². The van der Waals surface area contributed by atoms with E-state index in [2.05, 4.69) is 12.0 Å². The van der Waals surface area contributed by atoms with Crippen LogP contribution in [-0.4, -0.2) is 25.8 Å². The van der Waals surface area contributed by atoms with Gasteiger partial charge in [0.2, 0.25) is 0 Å². The number of hydrogen-bond acceptors (Lipinski definition) is 3. The molecular weight excluding hydrogens is 314 g/mol. The zero-order chi connectivity index (χ0) is 17.4. The molecule has 0 radical (unpaired) electrons. The Kier molecular flexibility index (Phi) is 4.32. The molecule has 0 bridgehead atoms. The quantitative estimate of drug-likeness (QED) is 0.816. The molecule has 0 amide bonds. The summed E-state index contributed by atoms with van der Waals surface area (Å²) in [6.07, 6.45) is 13.4. The summed E-state index contributed by atoms with van der Waals surface area (Å²) in [5.74, 6) is 0.0563. The highest BCUT2D eigenvalue weighted by Crippen LogP contribution is 2.46. The lowest BCUT2D eigenvalue weighted by Gasteiger charge is -2.25. The first-order valence-electron chi connectivity index (χ1n) is 9.49. The van der Waals surface area contributed by atoms with Crippen LogP contribution in [0.5, 0.6) is 0 Å². The van der Waals surface area contributed by atoms with E-state index in [1.807, 2.05) is 10.9 Å². The predicted molar refractivity (Wildman–Crippen MR) is 97.7 cm³/mol. The monoisotopic (exact) mass is 339 g/mol. The van der Waals surface area contributed by atoms with Crippen molar-refractivity contribution in [3.05, 3.63) is 29.1 Å². The minimum Gasteiger partial charge on any atom is -0.478 e. The number of aliphatic carboxylic acids is 1. The standard InChI is InChI=1S/C20H25N3O2/c1-2-23-20-16(12-21-23)18(13-6-4-3-5-7-13)15(10-11-17(24)25)19(22-20)14-8-9-14/h10-14H,2-9H2,1H3,(H,24,25). The third kappa shape index (κ3) is 3.08. The number of hydrogen-bond donors (Lipinski definition) is 1. The van der Waals surface area contributed by atoms with Gasteiger partial charge in [0, 0.05) is 29.5 Å². The number of carboxylic acid groups (broad SMARTS) is 1. The molecule has 132 valence electrons. The fourth-order valence-corrected chi connectivity index (χ4v) is 4.20. The van der Waals surface area contributed by atoms with Crippen LogP contribution in [0.25, 0.3) is 17.1 Å². The Hall–Kier alpha value is -2.17. The van der Waals surface area contributed by atoms with Crippen molar-refractivity contribution in [2.75, 3.05) is 0 Å². The fraction of sp³-hybridized carbons (Fsp3) is 0.550. The SMILES string of the molecule is CCn1ncc2c(C3CCCCC3)c(C=CC(=O)O)c(C3CC3)nc21. The zero-order valence-electron chi connectivity index (χ0n) is 14.7. The van der Waals surface area contributed by atoms with Gasteiger partial charge in [0.1, 0.15) is 0 Å². The molecule has 2 aliphatic carbocycles. The van der Waals surface area contributed by atoms with Crippen LogP contribution in [0.15, 0.2) is 12.3 Å². The third-order valence-corrected chi connectivity index (χ3v) is 5.56. The van der Waals surface area contributed by atoms with Crippen LogP contribution in [0.2, 0.25) is 0 Å². The maximum absolute atomic E-state index is 11.1. The molecule has 5 nitrogen and oxygen atoms in total. The second-order valence-corrected chi connectivity index (χ2v) is 7.30. The molecule has 0 aliphatic heterocycles. The fourth-order valence-electron chi connectivity index (χ4n) is 4.20. The molecule has 5 heteroatoms.